The lowest BCUT2D eigenvalue weighted by Gasteiger charge is -2.09. The highest BCUT2D eigenvalue weighted by atomic mass is 16.3. The molecule has 70 heavy (non-hydrogen) atoms. The monoisotopic (exact) mass is 895 g/mol. The molecule has 0 spiro atoms. The van der Waals surface area contributed by atoms with Gasteiger partial charge < -0.3 is 18.0 Å². The molecule has 0 aliphatic rings. The molecule has 0 atom stereocenters. The van der Waals surface area contributed by atoms with Gasteiger partial charge in [-0.3, -0.25) is 0 Å². The van der Waals surface area contributed by atoms with Crippen molar-refractivity contribution >= 4 is 87.5 Å². The van der Waals surface area contributed by atoms with Crippen molar-refractivity contribution in [1.29, 1.82) is 0 Å². The maximum absolute atomic E-state index is 7.14. The SMILES string of the molecule is c1ccc(-c2nc(-c3ccccc3)nc(-c3cccc4c3oc3c(-n5c6ccccc6c6cc(-c7cccc8c7oc7c8ccc8c9ccccc9n(-c9ccccc9)c87)ccc65)cccc34)n2)cc1. The fourth-order valence-electron chi connectivity index (χ4n) is 10.9. The Bertz CT molecular complexity index is 4530. The third-order valence-electron chi connectivity index (χ3n) is 14.0. The molecule has 0 aliphatic carbocycles. The molecule has 0 radical (unpaired) electrons. The molecule has 326 valence electrons. The number of nitrogens with zero attached hydrogens (tertiary/aromatic N) is 5. The van der Waals surface area contributed by atoms with Gasteiger partial charge in [0.15, 0.2) is 28.6 Å². The number of benzene rings is 10. The average Bonchev–Trinajstić information content (AvgIpc) is 4.19. The zero-order chi connectivity index (χ0) is 45.9. The van der Waals surface area contributed by atoms with Crippen molar-refractivity contribution in [2.45, 2.75) is 0 Å². The summed E-state index contributed by atoms with van der Waals surface area (Å²) in [6, 6.07) is 78.3. The van der Waals surface area contributed by atoms with Gasteiger partial charge >= 0.3 is 0 Å². The van der Waals surface area contributed by atoms with Gasteiger partial charge in [0.2, 0.25) is 0 Å². The molecule has 0 bridgehead atoms. The minimum absolute atomic E-state index is 0.547. The van der Waals surface area contributed by atoms with Crippen molar-refractivity contribution in [2.24, 2.45) is 0 Å². The van der Waals surface area contributed by atoms with Gasteiger partial charge in [-0.15, -0.1) is 0 Å². The molecular weight excluding hydrogens is 859 g/mol. The van der Waals surface area contributed by atoms with Gasteiger partial charge in [-0.1, -0.05) is 170 Å². The lowest BCUT2D eigenvalue weighted by molar-refractivity contribution is 0.667. The van der Waals surface area contributed by atoms with E-state index in [1.165, 1.54) is 5.39 Å². The van der Waals surface area contributed by atoms with Crippen LogP contribution in [0.25, 0.3) is 144 Å². The number of hydrogen-bond acceptors (Lipinski definition) is 5. The van der Waals surface area contributed by atoms with Gasteiger partial charge in [0.05, 0.1) is 33.3 Å². The van der Waals surface area contributed by atoms with Gasteiger partial charge in [-0.2, -0.15) is 0 Å². The highest BCUT2D eigenvalue weighted by Crippen LogP contribution is 2.45. The maximum atomic E-state index is 7.14. The zero-order valence-corrected chi connectivity index (χ0v) is 37.4. The summed E-state index contributed by atoms with van der Waals surface area (Å²) in [7, 11) is 0. The van der Waals surface area contributed by atoms with Crippen molar-refractivity contribution in [3.05, 3.63) is 224 Å². The maximum Gasteiger partial charge on any atom is 0.167 e. The van der Waals surface area contributed by atoms with Crippen LogP contribution in [0.15, 0.2) is 233 Å². The van der Waals surface area contributed by atoms with Gasteiger partial charge in [-0.25, -0.2) is 15.0 Å². The molecule has 0 unspecified atom stereocenters. The molecule has 15 rings (SSSR count). The van der Waals surface area contributed by atoms with Crippen LogP contribution in [0.3, 0.4) is 0 Å². The van der Waals surface area contributed by atoms with Crippen LogP contribution in [0.4, 0.5) is 0 Å². The first-order valence-electron chi connectivity index (χ1n) is 23.5. The predicted molar refractivity (Wildman–Crippen MR) is 285 cm³/mol. The molecule has 0 saturated heterocycles. The minimum Gasteiger partial charge on any atom is -0.453 e. The Morgan fingerprint density at radius 3 is 1.47 bits per heavy atom. The summed E-state index contributed by atoms with van der Waals surface area (Å²) in [5.41, 5.74) is 14.4. The topological polar surface area (TPSA) is 74.8 Å². The highest BCUT2D eigenvalue weighted by molar-refractivity contribution is 6.23. The molecule has 7 nitrogen and oxygen atoms in total. The quantitative estimate of drug-likeness (QED) is 0.166. The van der Waals surface area contributed by atoms with E-state index in [-0.39, 0.29) is 0 Å². The first-order valence-corrected chi connectivity index (χ1v) is 23.5. The third-order valence-corrected chi connectivity index (χ3v) is 14.0. The Morgan fingerprint density at radius 1 is 0.286 bits per heavy atom. The number of furan rings is 2. The summed E-state index contributed by atoms with van der Waals surface area (Å²) in [6.07, 6.45) is 0. The molecule has 15 aromatic rings. The molecule has 5 heterocycles. The van der Waals surface area contributed by atoms with Gasteiger partial charge in [0.1, 0.15) is 11.2 Å². The van der Waals surface area contributed by atoms with E-state index >= 15 is 0 Å². The molecule has 0 aliphatic heterocycles. The van der Waals surface area contributed by atoms with Crippen molar-refractivity contribution in [1.82, 2.24) is 24.1 Å². The van der Waals surface area contributed by atoms with E-state index in [0.717, 1.165) is 121 Å². The van der Waals surface area contributed by atoms with Crippen molar-refractivity contribution < 1.29 is 8.83 Å². The Balaban J connectivity index is 0.910. The van der Waals surface area contributed by atoms with Crippen LogP contribution in [0.1, 0.15) is 0 Å². The summed E-state index contributed by atoms with van der Waals surface area (Å²) in [6.45, 7) is 0. The Hall–Kier alpha value is -9.59. The Labute approximate surface area is 399 Å². The van der Waals surface area contributed by atoms with Gasteiger partial charge in [0.25, 0.3) is 0 Å². The van der Waals surface area contributed by atoms with E-state index in [9.17, 15) is 0 Å². The summed E-state index contributed by atoms with van der Waals surface area (Å²) in [5, 5.41) is 8.81. The summed E-state index contributed by atoms with van der Waals surface area (Å²) in [5.74, 6) is 1.75. The van der Waals surface area contributed by atoms with Crippen molar-refractivity contribution in [3.8, 4) is 56.7 Å². The molecule has 7 heteroatoms. The first-order chi connectivity index (χ1) is 34.7. The van der Waals surface area contributed by atoms with Crippen LogP contribution < -0.4 is 0 Å². The molecule has 10 aromatic carbocycles. The largest absolute Gasteiger partial charge is 0.453 e. The van der Waals surface area contributed by atoms with Crippen LogP contribution in [0.2, 0.25) is 0 Å². The number of aromatic nitrogens is 5. The Kier molecular flexibility index (Phi) is 8.23. The molecule has 0 N–H and O–H groups in total. The van der Waals surface area contributed by atoms with Crippen LogP contribution in [0.5, 0.6) is 0 Å². The van der Waals surface area contributed by atoms with E-state index < -0.39 is 0 Å². The lowest BCUT2D eigenvalue weighted by Crippen LogP contribution is -2.00. The average molecular weight is 896 g/mol. The number of para-hydroxylation sites is 6. The second-order valence-corrected chi connectivity index (χ2v) is 17.9. The van der Waals surface area contributed by atoms with Crippen LogP contribution in [0, 0.1) is 0 Å². The van der Waals surface area contributed by atoms with E-state index in [4.69, 9.17) is 23.8 Å². The molecule has 0 fully saturated rings. The summed E-state index contributed by atoms with van der Waals surface area (Å²) < 4.78 is 18.9. The van der Waals surface area contributed by atoms with E-state index in [2.05, 4.69) is 167 Å². The summed E-state index contributed by atoms with van der Waals surface area (Å²) >= 11 is 0. The van der Waals surface area contributed by atoms with Crippen LogP contribution in [-0.4, -0.2) is 24.1 Å². The second kappa shape index (κ2) is 15.0. The highest BCUT2D eigenvalue weighted by Gasteiger charge is 2.24. The van der Waals surface area contributed by atoms with Crippen LogP contribution >= 0.6 is 0 Å². The minimum atomic E-state index is 0.547. The third kappa shape index (κ3) is 5.66. The Morgan fingerprint density at radius 2 is 0.771 bits per heavy atom. The fraction of sp³-hybridized carbons (Fsp3) is 0. The smallest absolute Gasteiger partial charge is 0.167 e. The van der Waals surface area contributed by atoms with Gasteiger partial charge in [-0.05, 0) is 60.2 Å². The van der Waals surface area contributed by atoms with E-state index in [1.807, 2.05) is 66.7 Å². The number of hydrogen-bond donors (Lipinski definition) is 0. The predicted octanol–water partition coefficient (Wildman–Crippen LogP) is 16.5. The van der Waals surface area contributed by atoms with E-state index in [0.29, 0.717) is 17.5 Å². The standard InChI is InChI=1S/C63H37N5O2/c1-4-17-38(18-5-1)61-64-62(39-19-6-2-7-20-39)66-63(65-61)50-29-15-27-46-48-28-16-32-55(59(48)69-58(46)50)68-53-31-13-11-24-44(53)51-37-40(33-36-54(51)68)42-25-14-26-47-49-35-34-45-43-23-10-12-30-52(43)67(41-21-8-3-9-22-41)56(45)60(49)70-57(42)47/h1-37H. The fourth-order valence-corrected chi connectivity index (χ4v) is 10.9. The lowest BCUT2D eigenvalue weighted by atomic mass is 10.00. The summed E-state index contributed by atoms with van der Waals surface area (Å²) in [4.78, 5) is 15.1. The van der Waals surface area contributed by atoms with Crippen LogP contribution in [-0.2, 0) is 0 Å². The molecule has 5 aromatic heterocycles. The number of rotatable bonds is 6. The van der Waals surface area contributed by atoms with Crippen molar-refractivity contribution in [3.63, 3.8) is 0 Å². The zero-order valence-electron chi connectivity index (χ0n) is 37.4. The second-order valence-electron chi connectivity index (χ2n) is 17.9. The molecular formula is C63H37N5O2. The first kappa shape index (κ1) is 38.5. The molecule has 0 amide bonds. The normalized spacial score (nSPS) is 12.0. The van der Waals surface area contributed by atoms with Crippen molar-refractivity contribution in [2.75, 3.05) is 0 Å². The van der Waals surface area contributed by atoms with E-state index in [1.54, 1.807) is 0 Å². The molecule has 0 saturated carbocycles. The number of fused-ring (bicyclic) bond motifs is 13. The van der Waals surface area contributed by atoms with Gasteiger partial charge in [0, 0.05) is 65.5 Å².